The van der Waals surface area contributed by atoms with Crippen LogP contribution in [-0.2, 0) is 16.0 Å². The SMILES string of the molecule is C[C@]1(C(=O)O)CCN(C(=O)CCc2nc3ccccc3s2)C1. The summed E-state index contributed by atoms with van der Waals surface area (Å²) in [6.45, 7) is 2.54. The standard InChI is InChI=1S/C16H18N2O3S/c1-16(15(20)21)8-9-18(10-16)14(19)7-6-13-17-11-4-2-3-5-12(11)22-13/h2-5H,6-10H2,1H3,(H,20,21)/t16-/m0/s1. The fraction of sp³-hybridized carbons (Fsp3) is 0.438. The first-order chi connectivity index (χ1) is 10.5. The highest BCUT2D eigenvalue weighted by molar-refractivity contribution is 7.18. The molecule has 1 saturated heterocycles. The number of carboxylic acids is 1. The zero-order valence-corrected chi connectivity index (χ0v) is 13.2. The van der Waals surface area contributed by atoms with E-state index in [2.05, 4.69) is 4.98 Å². The van der Waals surface area contributed by atoms with E-state index in [4.69, 9.17) is 0 Å². The van der Waals surface area contributed by atoms with E-state index in [9.17, 15) is 14.7 Å². The van der Waals surface area contributed by atoms with Crippen molar-refractivity contribution in [3.05, 3.63) is 29.3 Å². The van der Waals surface area contributed by atoms with Crippen LogP contribution in [0.15, 0.2) is 24.3 Å². The van der Waals surface area contributed by atoms with Crippen LogP contribution in [0.1, 0.15) is 24.8 Å². The summed E-state index contributed by atoms with van der Waals surface area (Å²) in [4.78, 5) is 29.7. The Kier molecular flexibility index (Phi) is 3.87. The van der Waals surface area contributed by atoms with Crippen molar-refractivity contribution in [3.8, 4) is 0 Å². The molecule has 0 aliphatic carbocycles. The van der Waals surface area contributed by atoms with Crippen molar-refractivity contribution in [3.63, 3.8) is 0 Å². The molecule has 5 nitrogen and oxygen atoms in total. The number of likely N-dealkylation sites (tertiary alicyclic amines) is 1. The van der Waals surface area contributed by atoms with Gasteiger partial charge in [0.2, 0.25) is 5.91 Å². The average Bonchev–Trinajstić information content (AvgIpc) is 3.09. The summed E-state index contributed by atoms with van der Waals surface area (Å²) < 4.78 is 1.13. The van der Waals surface area contributed by atoms with Gasteiger partial charge in [-0.25, -0.2) is 4.98 Å². The number of aliphatic carboxylic acids is 1. The fourth-order valence-electron chi connectivity index (χ4n) is 2.75. The molecule has 0 radical (unpaired) electrons. The Morgan fingerprint density at radius 1 is 1.41 bits per heavy atom. The van der Waals surface area contributed by atoms with E-state index in [1.54, 1.807) is 23.2 Å². The second-order valence-electron chi connectivity index (χ2n) is 6.01. The highest BCUT2D eigenvalue weighted by Crippen LogP contribution is 2.30. The van der Waals surface area contributed by atoms with Crippen molar-refractivity contribution in [2.75, 3.05) is 13.1 Å². The molecule has 3 rings (SSSR count). The van der Waals surface area contributed by atoms with Crippen molar-refractivity contribution in [1.82, 2.24) is 9.88 Å². The lowest BCUT2D eigenvalue weighted by Crippen LogP contribution is -2.34. The van der Waals surface area contributed by atoms with E-state index in [1.807, 2.05) is 24.3 Å². The van der Waals surface area contributed by atoms with Crippen LogP contribution in [0.3, 0.4) is 0 Å². The van der Waals surface area contributed by atoms with Crippen LogP contribution in [0.4, 0.5) is 0 Å². The van der Waals surface area contributed by atoms with Crippen molar-refractivity contribution >= 4 is 33.4 Å². The van der Waals surface area contributed by atoms with Crippen molar-refractivity contribution in [1.29, 1.82) is 0 Å². The number of nitrogens with zero attached hydrogens (tertiary/aromatic N) is 2. The van der Waals surface area contributed by atoms with E-state index in [1.165, 1.54) is 0 Å². The summed E-state index contributed by atoms with van der Waals surface area (Å²) in [7, 11) is 0. The van der Waals surface area contributed by atoms with Gasteiger partial charge in [-0.2, -0.15) is 0 Å². The maximum absolute atomic E-state index is 12.3. The summed E-state index contributed by atoms with van der Waals surface area (Å²) in [6.07, 6.45) is 1.52. The minimum absolute atomic E-state index is 0.0178. The molecule has 6 heteroatoms. The summed E-state index contributed by atoms with van der Waals surface area (Å²) in [5.74, 6) is -0.807. The largest absolute Gasteiger partial charge is 0.481 e. The minimum Gasteiger partial charge on any atom is -0.481 e. The maximum atomic E-state index is 12.3. The van der Waals surface area contributed by atoms with Crippen molar-refractivity contribution in [2.45, 2.75) is 26.2 Å². The van der Waals surface area contributed by atoms with Gasteiger partial charge in [0.1, 0.15) is 0 Å². The third-order valence-corrected chi connectivity index (χ3v) is 5.33. The van der Waals surface area contributed by atoms with E-state index >= 15 is 0 Å². The topological polar surface area (TPSA) is 70.5 Å². The number of hydrogen-bond acceptors (Lipinski definition) is 4. The number of carboxylic acid groups (broad SMARTS) is 1. The number of hydrogen-bond donors (Lipinski definition) is 1. The lowest BCUT2D eigenvalue weighted by molar-refractivity contribution is -0.147. The first kappa shape index (κ1) is 15.0. The number of aromatic nitrogens is 1. The van der Waals surface area contributed by atoms with Gasteiger partial charge in [-0.3, -0.25) is 9.59 Å². The van der Waals surface area contributed by atoms with Crippen LogP contribution in [0.25, 0.3) is 10.2 Å². The van der Waals surface area contributed by atoms with Gasteiger partial charge in [-0.1, -0.05) is 12.1 Å². The minimum atomic E-state index is -0.825. The Balaban J connectivity index is 1.60. The average molecular weight is 318 g/mol. The molecular formula is C16H18N2O3S. The van der Waals surface area contributed by atoms with Crippen molar-refractivity contribution < 1.29 is 14.7 Å². The van der Waals surface area contributed by atoms with Crippen LogP contribution in [-0.4, -0.2) is 40.0 Å². The highest BCUT2D eigenvalue weighted by atomic mass is 32.1. The predicted octanol–water partition coefficient (Wildman–Crippen LogP) is 2.55. The molecule has 1 fully saturated rings. The van der Waals surface area contributed by atoms with Crippen LogP contribution < -0.4 is 0 Å². The molecule has 1 aromatic carbocycles. The van der Waals surface area contributed by atoms with Gasteiger partial charge in [0.05, 0.1) is 20.6 Å². The third-order valence-electron chi connectivity index (χ3n) is 4.23. The van der Waals surface area contributed by atoms with Gasteiger partial charge >= 0.3 is 5.97 Å². The van der Waals surface area contributed by atoms with Gasteiger partial charge < -0.3 is 10.0 Å². The molecule has 1 atom stereocenters. The van der Waals surface area contributed by atoms with Crippen LogP contribution >= 0.6 is 11.3 Å². The predicted molar refractivity (Wildman–Crippen MR) is 84.9 cm³/mol. The summed E-state index contributed by atoms with van der Waals surface area (Å²) >= 11 is 1.61. The molecule has 0 unspecified atom stereocenters. The molecule has 1 aromatic heterocycles. The number of carbonyl (C=O) groups excluding carboxylic acids is 1. The Morgan fingerprint density at radius 3 is 2.86 bits per heavy atom. The number of rotatable bonds is 4. The number of thiazole rings is 1. The molecule has 22 heavy (non-hydrogen) atoms. The second kappa shape index (κ2) is 5.68. The molecule has 0 bridgehead atoms. The monoisotopic (exact) mass is 318 g/mol. The summed E-state index contributed by atoms with van der Waals surface area (Å²) in [6, 6.07) is 7.92. The molecule has 1 aliphatic heterocycles. The van der Waals surface area contributed by atoms with E-state index in [0.29, 0.717) is 32.4 Å². The van der Waals surface area contributed by atoms with Gasteiger partial charge in [-0.15, -0.1) is 11.3 Å². The lowest BCUT2D eigenvalue weighted by Gasteiger charge is -2.20. The number of amides is 1. The molecule has 0 saturated carbocycles. The van der Waals surface area contributed by atoms with Gasteiger partial charge in [-0.05, 0) is 25.5 Å². The number of carbonyl (C=O) groups is 2. The Morgan fingerprint density at radius 2 is 2.18 bits per heavy atom. The highest BCUT2D eigenvalue weighted by Gasteiger charge is 2.41. The van der Waals surface area contributed by atoms with Gasteiger partial charge in [0.25, 0.3) is 0 Å². The van der Waals surface area contributed by atoms with E-state index in [-0.39, 0.29) is 5.91 Å². The lowest BCUT2D eigenvalue weighted by atomic mass is 9.90. The van der Waals surface area contributed by atoms with Crippen LogP contribution in [0, 0.1) is 5.41 Å². The molecule has 1 amide bonds. The second-order valence-corrected chi connectivity index (χ2v) is 7.12. The Bertz CT molecular complexity index is 694. The molecule has 1 aliphatic rings. The molecule has 2 aromatic rings. The smallest absolute Gasteiger partial charge is 0.311 e. The summed E-state index contributed by atoms with van der Waals surface area (Å²) in [5.41, 5.74) is 0.167. The number of aryl methyl sites for hydroxylation is 1. The number of benzene rings is 1. The Hall–Kier alpha value is -1.95. The Labute approximate surface area is 132 Å². The molecule has 0 spiro atoms. The number of fused-ring (bicyclic) bond motifs is 1. The first-order valence-corrected chi connectivity index (χ1v) is 8.15. The quantitative estimate of drug-likeness (QED) is 0.940. The molecule has 2 heterocycles. The van der Waals surface area contributed by atoms with Crippen LogP contribution in [0.2, 0.25) is 0 Å². The van der Waals surface area contributed by atoms with E-state index in [0.717, 1.165) is 15.2 Å². The fourth-order valence-corrected chi connectivity index (χ4v) is 3.71. The maximum Gasteiger partial charge on any atom is 0.311 e. The van der Waals surface area contributed by atoms with Gasteiger partial charge in [0.15, 0.2) is 0 Å². The van der Waals surface area contributed by atoms with Crippen LogP contribution in [0.5, 0.6) is 0 Å². The van der Waals surface area contributed by atoms with Crippen molar-refractivity contribution in [2.24, 2.45) is 5.41 Å². The zero-order valence-electron chi connectivity index (χ0n) is 12.4. The number of para-hydroxylation sites is 1. The third kappa shape index (κ3) is 2.83. The normalized spacial score (nSPS) is 21.4. The zero-order chi connectivity index (χ0) is 15.7. The van der Waals surface area contributed by atoms with E-state index < -0.39 is 11.4 Å². The summed E-state index contributed by atoms with van der Waals surface area (Å²) in [5, 5.41) is 10.2. The molecule has 1 N–H and O–H groups in total. The molecular weight excluding hydrogens is 300 g/mol. The first-order valence-electron chi connectivity index (χ1n) is 7.33. The molecule has 116 valence electrons. The van der Waals surface area contributed by atoms with Gasteiger partial charge in [0, 0.05) is 25.9 Å².